The van der Waals surface area contributed by atoms with Crippen LogP contribution in [0.4, 0.5) is 0 Å². The molecule has 18 heavy (non-hydrogen) atoms. The second kappa shape index (κ2) is 6.49. The van der Waals surface area contributed by atoms with Crippen molar-refractivity contribution in [1.29, 1.82) is 0 Å². The van der Waals surface area contributed by atoms with Crippen molar-refractivity contribution in [1.82, 2.24) is 20.1 Å². The number of aromatic nitrogens is 3. The highest BCUT2D eigenvalue weighted by Gasteiger charge is 2.22. The van der Waals surface area contributed by atoms with Gasteiger partial charge in [0.05, 0.1) is 6.10 Å². The number of aryl methyl sites for hydroxylation is 1. The first-order valence-corrected chi connectivity index (χ1v) is 6.17. The maximum atomic E-state index is 11.5. The molecule has 102 valence electrons. The quantitative estimate of drug-likeness (QED) is 0.778. The Balaban J connectivity index is 2.14. The second-order valence-corrected chi connectivity index (χ2v) is 5.45. The molecule has 1 aromatic heterocycles. The molecule has 0 aliphatic carbocycles. The van der Waals surface area contributed by atoms with Gasteiger partial charge in [-0.1, -0.05) is 20.8 Å². The van der Waals surface area contributed by atoms with E-state index in [2.05, 4.69) is 15.4 Å². The molecular weight excluding hydrogens is 232 g/mol. The third-order valence-corrected chi connectivity index (χ3v) is 2.75. The van der Waals surface area contributed by atoms with Gasteiger partial charge in [-0.05, 0) is 11.8 Å². The van der Waals surface area contributed by atoms with Crippen molar-refractivity contribution in [3.8, 4) is 0 Å². The minimum atomic E-state index is -0.531. The number of carbonyl (C=O) groups excluding carboxylic acids is 1. The predicted molar refractivity (Wildman–Crippen MR) is 67.7 cm³/mol. The Hall–Kier alpha value is -1.43. The lowest BCUT2D eigenvalue weighted by atomic mass is 9.89. The lowest BCUT2D eigenvalue weighted by molar-refractivity contribution is -0.122. The number of nitrogens with zero attached hydrogens (tertiary/aromatic N) is 3. The van der Waals surface area contributed by atoms with Crippen molar-refractivity contribution >= 4 is 5.91 Å². The second-order valence-electron chi connectivity index (χ2n) is 5.45. The zero-order chi connectivity index (χ0) is 13.6. The summed E-state index contributed by atoms with van der Waals surface area (Å²) < 4.78 is 1.69. The van der Waals surface area contributed by atoms with Crippen molar-refractivity contribution in [2.45, 2.75) is 46.3 Å². The molecule has 2 N–H and O–H groups in total. The van der Waals surface area contributed by atoms with Gasteiger partial charge in [-0.15, -0.1) is 0 Å². The first-order valence-electron chi connectivity index (χ1n) is 6.17. The van der Waals surface area contributed by atoms with Crippen LogP contribution in [0.1, 0.15) is 33.6 Å². The van der Waals surface area contributed by atoms with Crippen molar-refractivity contribution in [2.24, 2.45) is 5.41 Å². The Kier molecular flexibility index (Phi) is 5.27. The Morgan fingerprint density at radius 2 is 2.22 bits per heavy atom. The third-order valence-electron chi connectivity index (χ3n) is 2.75. The van der Waals surface area contributed by atoms with Crippen LogP contribution in [0, 0.1) is 5.41 Å². The first-order chi connectivity index (χ1) is 8.39. The van der Waals surface area contributed by atoms with E-state index in [1.165, 1.54) is 6.33 Å². The molecule has 0 bridgehead atoms. The van der Waals surface area contributed by atoms with Crippen LogP contribution >= 0.6 is 0 Å². The molecule has 0 saturated heterocycles. The molecule has 0 aromatic carbocycles. The van der Waals surface area contributed by atoms with Gasteiger partial charge in [-0.2, -0.15) is 5.10 Å². The molecule has 1 atom stereocenters. The Morgan fingerprint density at radius 1 is 1.50 bits per heavy atom. The molecular formula is C12H22N4O2. The van der Waals surface area contributed by atoms with E-state index >= 15 is 0 Å². The summed E-state index contributed by atoms with van der Waals surface area (Å²) in [5, 5.41) is 16.5. The molecule has 6 nitrogen and oxygen atoms in total. The number of rotatable bonds is 6. The summed E-state index contributed by atoms with van der Waals surface area (Å²) >= 11 is 0. The normalized spacial score (nSPS) is 13.3. The van der Waals surface area contributed by atoms with E-state index in [1.807, 2.05) is 20.8 Å². The summed E-state index contributed by atoms with van der Waals surface area (Å²) in [6.07, 6.45) is 3.70. The Labute approximate surface area is 107 Å². The maximum absolute atomic E-state index is 11.5. The van der Waals surface area contributed by atoms with Crippen LogP contribution in [0.2, 0.25) is 0 Å². The van der Waals surface area contributed by atoms with E-state index in [1.54, 1.807) is 11.0 Å². The highest BCUT2D eigenvalue weighted by Crippen LogP contribution is 2.18. The van der Waals surface area contributed by atoms with Crippen LogP contribution in [-0.4, -0.2) is 38.4 Å². The van der Waals surface area contributed by atoms with Gasteiger partial charge in [0.1, 0.15) is 12.7 Å². The van der Waals surface area contributed by atoms with Gasteiger partial charge in [0.2, 0.25) is 5.91 Å². The largest absolute Gasteiger partial charge is 0.391 e. The van der Waals surface area contributed by atoms with Crippen LogP contribution in [0.25, 0.3) is 0 Å². The summed E-state index contributed by atoms with van der Waals surface area (Å²) in [6, 6.07) is 0. The zero-order valence-electron chi connectivity index (χ0n) is 11.3. The van der Waals surface area contributed by atoms with E-state index < -0.39 is 6.10 Å². The lowest BCUT2D eigenvalue weighted by Crippen LogP contribution is -2.39. The number of nitrogens with one attached hydrogen (secondary N) is 1. The van der Waals surface area contributed by atoms with E-state index in [9.17, 15) is 9.90 Å². The van der Waals surface area contributed by atoms with E-state index in [0.717, 1.165) is 0 Å². The van der Waals surface area contributed by atoms with Crippen LogP contribution < -0.4 is 5.32 Å². The van der Waals surface area contributed by atoms with Crippen LogP contribution in [0.15, 0.2) is 12.7 Å². The smallest absolute Gasteiger partial charge is 0.220 e. The molecule has 0 fully saturated rings. The molecule has 6 heteroatoms. The fraction of sp³-hybridized carbons (Fsp3) is 0.750. The average Bonchev–Trinajstić information content (AvgIpc) is 2.77. The summed E-state index contributed by atoms with van der Waals surface area (Å²) in [5.41, 5.74) is -0.214. The molecule has 0 aliphatic rings. The summed E-state index contributed by atoms with van der Waals surface area (Å²) in [7, 11) is 0. The first kappa shape index (κ1) is 14.6. The van der Waals surface area contributed by atoms with Crippen LogP contribution in [0.3, 0.4) is 0 Å². The van der Waals surface area contributed by atoms with Gasteiger partial charge in [0.25, 0.3) is 0 Å². The van der Waals surface area contributed by atoms with Crippen LogP contribution in [0.5, 0.6) is 0 Å². The number of hydrogen-bond acceptors (Lipinski definition) is 4. The summed E-state index contributed by atoms with van der Waals surface area (Å²) in [6.45, 7) is 6.79. The highest BCUT2D eigenvalue weighted by atomic mass is 16.3. The molecule has 0 spiro atoms. The fourth-order valence-electron chi connectivity index (χ4n) is 1.35. The number of aliphatic hydroxyl groups is 1. The molecule has 0 saturated carbocycles. The molecule has 1 heterocycles. The van der Waals surface area contributed by atoms with Crippen molar-refractivity contribution in [3.05, 3.63) is 12.7 Å². The average molecular weight is 254 g/mol. The molecule has 1 rings (SSSR count). The predicted octanol–water partition coefficient (Wildman–Crippen LogP) is 0.581. The van der Waals surface area contributed by atoms with Gasteiger partial charge >= 0.3 is 0 Å². The SMILES string of the molecule is CC(C)(C)C(O)CNC(=O)CCCn1cncn1. The third kappa shape index (κ3) is 5.27. The summed E-state index contributed by atoms with van der Waals surface area (Å²) in [5.74, 6) is -0.0431. The van der Waals surface area contributed by atoms with Gasteiger partial charge in [-0.25, -0.2) is 4.98 Å². The Morgan fingerprint density at radius 3 is 2.78 bits per heavy atom. The topological polar surface area (TPSA) is 80.0 Å². The minimum Gasteiger partial charge on any atom is -0.391 e. The number of carbonyl (C=O) groups is 1. The van der Waals surface area contributed by atoms with Crippen molar-refractivity contribution < 1.29 is 9.90 Å². The van der Waals surface area contributed by atoms with Crippen LogP contribution in [-0.2, 0) is 11.3 Å². The zero-order valence-corrected chi connectivity index (χ0v) is 11.3. The van der Waals surface area contributed by atoms with Gasteiger partial charge in [0, 0.05) is 19.5 Å². The van der Waals surface area contributed by atoms with E-state index in [-0.39, 0.29) is 11.3 Å². The molecule has 0 radical (unpaired) electrons. The monoisotopic (exact) mass is 254 g/mol. The molecule has 1 amide bonds. The molecule has 1 unspecified atom stereocenters. The lowest BCUT2D eigenvalue weighted by Gasteiger charge is -2.25. The van der Waals surface area contributed by atoms with Gasteiger partial charge in [0.15, 0.2) is 0 Å². The van der Waals surface area contributed by atoms with Crippen molar-refractivity contribution in [3.63, 3.8) is 0 Å². The van der Waals surface area contributed by atoms with Gasteiger partial charge < -0.3 is 10.4 Å². The Bertz CT molecular complexity index is 357. The number of amides is 1. The standard InChI is InChI=1S/C12H22N4O2/c1-12(2,3)10(17)7-14-11(18)5-4-6-16-9-13-8-15-16/h8-10,17H,4-7H2,1-3H3,(H,14,18). The highest BCUT2D eigenvalue weighted by molar-refractivity contribution is 5.75. The fourth-order valence-corrected chi connectivity index (χ4v) is 1.35. The number of aliphatic hydroxyl groups excluding tert-OH is 1. The maximum Gasteiger partial charge on any atom is 0.220 e. The van der Waals surface area contributed by atoms with Crippen molar-refractivity contribution in [2.75, 3.05) is 6.54 Å². The summed E-state index contributed by atoms with van der Waals surface area (Å²) in [4.78, 5) is 15.4. The molecule has 1 aromatic rings. The van der Waals surface area contributed by atoms with E-state index in [0.29, 0.717) is 25.9 Å². The van der Waals surface area contributed by atoms with E-state index in [4.69, 9.17) is 0 Å². The molecule has 0 aliphatic heterocycles. The van der Waals surface area contributed by atoms with Gasteiger partial charge in [-0.3, -0.25) is 9.48 Å². The number of hydrogen-bond donors (Lipinski definition) is 2. The minimum absolute atomic E-state index is 0.0431.